The minimum Gasteiger partial charge on any atom is -0.478 e. The Morgan fingerprint density at radius 3 is 2.70 bits per heavy atom. The Bertz CT molecular complexity index is 818. The predicted molar refractivity (Wildman–Crippen MR) is 77.1 cm³/mol. The molecule has 0 amide bonds. The molecule has 2 heterocycles. The Hall–Kier alpha value is -2.62. The zero-order valence-electron chi connectivity index (χ0n) is 11.3. The number of nitrogens with zero attached hydrogens (tertiary/aromatic N) is 2. The van der Waals surface area contributed by atoms with Gasteiger partial charge in [0.25, 0.3) is 0 Å². The Balaban J connectivity index is 2.20. The van der Waals surface area contributed by atoms with Gasteiger partial charge in [0, 0.05) is 18.0 Å². The second-order valence-corrected chi connectivity index (χ2v) is 4.88. The van der Waals surface area contributed by atoms with Crippen LogP contribution < -0.4 is 0 Å². The summed E-state index contributed by atoms with van der Waals surface area (Å²) in [4.78, 5) is 15.7. The smallest absolute Gasteiger partial charge is 0.339 e. The quantitative estimate of drug-likeness (QED) is 0.774. The molecule has 0 radical (unpaired) electrons. The number of carboxylic acid groups (broad SMARTS) is 1. The average Bonchev–Trinajstić information content (AvgIpc) is 2.85. The average molecular weight is 266 g/mol. The lowest BCUT2D eigenvalue weighted by Gasteiger charge is -2.01. The maximum atomic E-state index is 11.2. The van der Waals surface area contributed by atoms with Crippen LogP contribution in [-0.2, 0) is 0 Å². The first kappa shape index (κ1) is 12.4. The molecule has 3 rings (SSSR count). The molecule has 0 aliphatic carbocycles. The van der Waals surface area contributed by atoms with Gasteiger partial charge in [-0.1, -0.05) is 12.1 Å². The minimum absolute atomic E-state index is 0.211. The standard InChI is InChI=1S/C16H14N2O2/c1-10-5-6-12(8-11(10)2)14-9-18-7-3-4-13(16(19)20)15(18)17-14/h3-9H,1-2H3,(H,19,20). The van der Waals surface area contributed by atoms with E-state index >= 15 is 0 Å². The Kier molecular flexibility index (Phi) is 2.79. The molecule has 20 heavy (non-hydrogen) atoms. The highest BCUT2D eigenvalue weighted by molar-refractivity contribution is 5.94. The van der Waals surface area contributed by atoms with E-state index < -0.39 is 5.97 Å². The third-order valence-corrected chi connectivity index (χ3v) is 3.52. The monoisotopic (exact) mass is 266 g/mol. The summed E-state index contributed by atoms with van der Waals surface area (Å²) in [7, 11) is 0. The van der Waals surface area contributed by atoms with Crippen molar-refractivity contribution in [1.82, 2.24) is 9.38 Å². The largest absolute Gasteiger partial charge is 0.478 e. The van der Waals surface area contributed by atoms with Gasteiger partial charge < -0.3 is 9.51 Å². The number of carboxylic acids is 1. The first-order valence-electron chi connectivity index (χ1n) is 6.35. The van der Waals surface area contributed by atoms with Crippen LogP contribution in [0.4, 0.5) is 0 Å². The predicted octanol–water partition coefficient (Wildman–Crippen LogP) is 3.32. The highest BCUT2D eigenvalue weighted by atomic mass is 16.4. The van der Waals surface area contributed by atoms with E-state index in [4.69, 9.17) is 0 Å². The number of aromatic carboxylic acids is 1. The molecule has 4 nitrogen and oxygen atoms in total. The first-order valence-corrected chi connectivity index (χ1v) is 6.35. The van der Waals surface area contributed by atoms with Crippen LogP contribution in [0.3, 0.4) is 0 Å². The number of benzene rings is 1. The van der Waals surface area contributed by atoms with Crippen LogP contribution in [0.5, 0.6) is 0 Å². The third-order valence-electron chi connectivity index (χ3n) is 3.52. The number of hydrogen-bond acceptors (Lipinski definition) is 2. The molecule has 4 heteroatoms. The molecule has 1 aromatic carbocycles. The molecule has 0 unspecified atom stereocenters. The van der Waals surface area contributed by atoms with Crippen molar-refractivity contribution in [3.63, 3.8) is 0 Å². The molecule has 0 bridgehead atoms. The van der Waals surface area contributed by atoms with Gasteiger partial charge in [-0.3, -0.25) is 0 Å². The first-order chi connectivity index (χ1) is 9.56. The molecule has 0 fully saturated rings. The summed E-state index contributed by atoms with van der Waals surface area (Å²) in [5.74, 6) is -0.965. The fourth-order valence-corrected chi connectivity index (χ4v) is 2.22. The van der Waals surface area contributed by atoms with Crippen LogP contribution in [0, 0.1) is 13.8 Å². The molecule has 0 spiro atoms. The molecule has 0 atom stereocenters. The Morgan fingerprint density at radius 1 is 1.20 bits per heavy atom. The van der Waals surface area contributed by atoms with Crippen LogP contribution >= 0.6 is 0 Å². The second-order valence-electron chi connectivity index (χ2n) is 4.88. The molecule has 2 aromatic heterocycles. The van der Waals surface area contributed by atoms with Crippen molar-refractivity contribution in [2.24, 2.45) is 0 Å². The summed E-state index contributed by atoms with van der Waals surface area (Å²) >= 11 is 0. The highest BCUT2D eigenvalue weighted by Crippen LogP contribution is 2.23. The van der Waals surface area contributed by atoms with Crippen LogP contribution in [0.25, 0.3) is 16.9 Å². The van der Waals surface area contributed by atoms with Crippen molar-refractivity contribution < 1.29 is 9.90 Å². The fraction of sp³-hybridized carbons (Fsp3) is 0.125. The zero-order valence-corrected chi connectivity index (χ0v) is 11.3. The lowest BCUT2D eigenvalue weighted by atomic mass is 10.1. The third kappa shape index (κ3) is 1.95. The number of rotatable bonds is 2. The summed E-state index contributed by atoms with van der Waals surface area (Å²) < 4.78 is 1.74. The zero-order chi connectivity index (χ0) is 14.3. The molecule has 3 aromatic rings. The van der Waals surface area contributed by atoms with Gasteiger partial charge >= 0.3 is 5.97 Å². The molecule has 0 saturated heterocycles. The maximum Gasteiger partial charge on any atom is 0.339 e. The lowest BCUT2D eigenvalue weighted by molar-refractivity contribution is 0.0698. The van der Waals surface area contributed by atoms with E-state index in [1.165, 1.54) is 11.1 Å². The van der Waals surface area contributed by atoms with Gasteiger partial charge in [-0.2, -0.15) is 0 Å². The summed E-state index contributed by atoms with van der Waals surface area (Å²) in [5.41, 5.74) is 4.87. The number of imidazole rings is 1. The second kappa shape index (κ2) is 4.49. The minimum atomic E-state index is -0.965. The Morgan fingerprint density at radius 2 is 2.00 bits per heavy atom. The van der Waals surface area contributed by atoms with Gasteiger partial charge in [0.1, 0.15) is 5.56 Å². The Labute approximate surface area is 116 Å². The molecule has 0 saturated carbocycles. The number of aryl methyl sites for hydroxylation is 2. The summed E-state index contributed by atoms with van der Waals surface area (Å²) in [5, 5.41) is 9.19. The van der Waals surface area contributed by atoms with Crippen molar-refractivity contribution in [1.29, 1.82) is 0 Å². The molecule has 1 N–H and O–H groups in total. The molecular formula is C16H14N2O2. The SMILES string of the molecule is Cc1ccc(-c2cn3cccc(C(=O)O)c3n2)cc1C. The molecule has 0 aliphatic heterocycles. The van der Waals surface area contributed by atoms with Gasteiger partial charge in [0.2, 0.25) is 0 Å². The molecular weight excluding hydrogens is 252 g/mol. The number of carbonyl (C=O) groups is 1. The summed E-state index contributed by atoms with van der Waals surface area (Å²) in [6.07, 6.45) is 3.66. The van der Waals surface area contributed by atoms with Gasteiger partial charge in [-0.15, -0.1) is 0 Å². The van der Waals surface area contributed by atoms with Crippen molar-refractivity contribution in [3.8, 4) is 11.3 Å². The van der Waals surface area contributed by atoms with Gasteiger partial charge in [-0.25, -0.2) is 9.78 Å². The van der Waals surface area contributed by atoms with Crippen LogP contribution in [0.15, 0.2) is 42.7 Å². The van der Waals surface area contributed by atoms with Gasteiger partial charge in [-0.05, 0) is 43.2 Å². The van der Waals surface area contributed by atoms with Crippen LogP contribution in [0.2, 0.25) is 0 Å². The van der Waals surface area contributed by atoms with Crippen molar-refractivity contribution in [2.45, 2.75) is 13.8 Å². The number of hydrogen-bond donors (Lipinski definition) is 1. The van der Waals surface area contributed by atoms with Crippen molar-refractivity contribution in [3.05, 3.63) is 59.4 Å². The lowest BCUT2D eigenvalue weighted by Crippen LogP contribution is -1.99. The maximum absolute atomic E-state index is 11.2. The van der Waals surface area contributed by atoms with E-state index in [9.17, 15) is 9.90 Å². The number of pyridine rings is 1. The van der Waals surface area contributed by atoms with E-state index in [0.717, 1.165) is 11.3 Å². The summed E-state index contributed by atoms with van der Waals surface area (Å²) in [6, 6.07) is 9.39. The fourth-order valence-electron chi connectivity index (χ4n) is 2.22. The topological polar surface area (TPSA) is 54.6 Å². The molecule has 0 aliphatic rings. The van der Waals surface area contributed by atoms with Gasteiger partial charge in [0.05, 0.1) is 5.69 Å². The van der Waals surface area contributed by atoms with Crippen LogP contribution in [0.1, 0.15) is 21.5 Å². The van der Waals surface area contributed by atoms with Crippen molar-refractivity contribution in [2.75, 3.05) is 0 Å². The molecule has 100 valence electrons. The van der Waals surface area contributed by atoms with E-state index in [-0.39, 0.29) is 5.56 Å². The van der Waals surface area contributed by atoms with Gasteiger partial charge in [0.15, 0.2) is 5.65 Å². The van der Waals surface area contributed by atoms with E-state index in [1.807, 2.05) is 18.3 Å². The van der Waals surface area contributed by atoms with Crippen molar-refractivity contribution >= 4 is 11.6 Å². The van der Waals surface area contributed by atoms with Crippen LogP contribution in [-0.4, -0.2) is 20.5 Å². The number of aromatic nitrogens is 2. The van der Waals surface area contributed by atoms with E-state index in [1.54, 1.807) is 22.7 Å². The van der Waals surface area contributed by atoms with E-state index in [0.29, 0.717) is 5.65 Å². The normalized spacial score (nSPS) is 10.9. The van der Waals surface area contributed by atoms with E-state index in [2.05, 4.69) is 24.9 Å². The highest BCUT2D eigenvalue weighted by Gasteiger charge is 2.12. The number of fused-ring (bicyclic) bond motifs is 1. The summed E-state index contributed by atoms with van der Waals surface area (Å²) in [6.45, 7) is 4.11.